The van der Waals surface area contributed by atoms with Crippen LogP contribution in [0.15, 0.2) is 11.6 Å². The number of carbonyl (C=O) groups is 3. The maximum atomic E-state index is 12.7. The van der Waals surface area contributed by atoms with Gasteiger partial charge < -0.3 is 4.74 Å². The molecule has 0 aromatic rings. The zero-order chi connectivity index (χ0) is 19.6. The van der Waals surface area contributed by atoms with Crippen LogP contribution in [0.1, 0.15) is 79.1 Å². The maximum Gasteiger partial charge on any atom is 0.303 e. The first-order valence-corrected chi connectivity index (χ1v) is 10.6. The van der Waals surface area contributed by atoms with Crippen molar-refractivity contribution in [3.63, 3.8) is 0 Å². The molecule has 0 heterocycles. The summed E-state index contributed by atoms with van der Waals surface area (Å²) in [6, 6.07) is 0. The summed E-state index contributed by atoms with van der Waals surface area (Å²) in [5, 5.41) is 0. The van der Waals surface area contributed by atoms with Crippen LogP contribution in [-0.2, 0) is 19.1 Å². The van der Waals surface area contributed by atoms with Crippen molar-refractivity contribution in [3.8, 4) is 0 Å². The fourth-order valence-corrected chi connectivity index (χ4v) is 7.62. The third-order valence-electron chi connectivity index (χ3n) is 8.97. The molecule has 4 rings (SSSR count). The van der Waals surface area contributed by atoms with Gasteiger partial charge in [-0.2, -0.15) is 0 Å². The number of carbonyl (C=O) groups excluding carboxylic acids is 3. The Bertz CT molecular complexity index is 737. The van der Waals surface area contributed by atoms with Crippen LogP contribution < -0.4 is 0 Å². The van der Waals surface area contributed by atoms with Gasteiger partial charge in [-0.25, -0.2) is 0 Å². The topological polar surface area (TPSA) is 60.4 Å². The van der Waals surface area contributed by atoms with E-state index in [0.29, 0.717) is 30.6 Å². The predicted octanol–water partition coefficient (Wildman–Crippen LogP) is 4.41. The van der Waals surface area contributed by atoms with Crippen LogP contribution in [-0.4, -0.2) is 23.1 Å². The Hall–Kier alpha value is -1.45. The number of fused-ring (bicyclic) bond motifs is 5. The van der Waals surface area contributed by atoms with Crippen LogP contribution in [0.3, 0.4) is 0 Å². The van der Waals surface area contributed by atoms with E-state index in [2.05, 4.69) is 13.8 Å². The first kappa shape index (κ1) is 18.9. The van der Waals surface area contributed by atoms with Gasteiger partial charge in [0, 0.05) is 18.8 Å². The summed E-state index contributed by atoms with van der Waals surface area (Å²) in [6.45, 7) is 7.58. The molecule has 4 aliphatic carbocycles. The van der Waals surface area contributed by atoms with Crippen molar-refractivity contribution >= 4 is 17.5 Å². The second kappa shape index (κ2) is 6.02. The molecule has 27 heavy (non-hydrogen) atoms. The minimum atomic E-state index is -0.950. The highest BCUT2D eigenvalue weighted by Crippen LogP contribution is 2.68. The monoisotopic (exact) mass is 372 g/mol. The Morgan fingerprint density at radius 3 is 2.37 bits per heavy atom. The van der Waals surface area contributed by atoms with Crippen LogP contribution in [0, 0.1) is 28.6 Å². The lowest BCUT2D eigenvalue weighted by Crippen LogP contribution is -2.58. The van der Waals surface area contributed by atoms with Crippen molar-refractivity contribution in [3.05, 3.63) is 11.6 Å². The Balaban J connectivity index is 1.70. The fraction of sp³-hybridized carbons (Fsp3) is 0.783. The SMILES string of the molecule is CC(=O)O[C@@]1(C(C)=O)CCC2C3CCC4=CC(=O)CC[C@]4(C)C3CC[C@@]21C. The standard InChI is InChI=1S/C23H32O4/c1-14(24)23(27-15(2)25)12-9-20-18-6-5-16-13-17(26)7-10-21(16,3)19(18)8-11-22(20,23)4/h13,18-20H,5-12H2,1-4H3/t18?,19?,20?,21-,22-,23+/m0/s1. The molecule has 0 radical (unpaired) electrons. The van der Waals surface area contributed by atoms with Crippen LogP contribution in [0.25, 0.3) is 0 Å². The van der Waals surface area contributed by atoms with Crippen molar-refractivity contribution in [1.82, 2.24) is 0 Å². The number of ketones is 2. The molecule has 3 saturated carbocycles. The smallest absolute Gasteiger partial charge is 0.303 e. The molecule has 0 bridgehead atoms. The van der Waals surface area contributed by atoms with Crippen LogP contribution in [0.2, 0.25) is 0 Å². The number of Topliss-reactive ketones (excluding diaryl/α,β-unsaturated/α-hetero) is 1. The first-order chi connectivity index (χ1) is 12.6. The summed E-state index contributed by atoms with van der Waals surface area (Å²) in [4.78, 5) is 36.5. The number of hydrogen-bond acceptors (Lipinski definition) is 4. The Morgan fingerprint density at radius 1 is 1.00 bits per heavy atom. The van der Waals surface area contributed by atoms with Gasteiger partial charge in [-0.05, 0) is 81.1 Å². The summed E-state index contributed by atoms with van der Waals surface area (Å²) in [5.41, 5.74) is 0.266. The van der Waals surface area contributed by atoms with Gasteiger partial charge in [0.1, 0.15) is 0 Å². The third kappa shape index (κ3) is 2.44. The van der Waals surface area contributed by atoms with E-state index in [1.807, 2.05) is 6.08 Å². The minimum Gasteiger partial charge on any atom is -0.451 e. The molecular formula is C23H32O4. The van der Waals surface area contributed by atoms with Gasteiger partial charge in [0.15, 0.2) is 17.2 Å². The van der Waals surface area contributed by atoms with E-state index >= 15 is 0 Å². The molecule has 0 spiro atoms. The van der Waals surface area contributed by atoms with Crippen LogP contribution >= 0.6 is 0 Å². The lowest BCUT2D eigenvalue weighted by atomic mass is 9.46. The molecule has 3 unspecified atom stereocenters. The number of esters is 1. The van der Waals surface area contributed by atoms with E-state index in [1.165, 1.54) is 12.5 Å². The van der Waals surface area contributed by atoms with Crippen LogP contribution in [0.5, 0.6) is 0 Å². The largest absolute Gasteiger partial charge is 0.451 e. The average molecular weight is 373 g/mol. The summed E-state index contributed by atoms with van der Waals surface area (Å²) >= 11 is 0. The Kier molecular flexibility index (Phi) is 4.21. The average Bonchev–Trinajstić information content (AvgIpc) is 2.89. The molecule has 0 aliphatic heterocycles. The summed E-state index contributed by atoms with van der Waals surface area (Å²) in [7, 11) is 0. The zero-order valence-electron chi connectivity index (χ0n) is 17.1. The van der Waals surface area contributed by atoms with Gasteiger partial charge >= 0.3 is 5.97 Å². The lowest BCUT2D eigenvalue weighted by molar-refractivity contribution is -0.187. The van der Waals surface area contributed by atoms with E-state index in [9.17, 15) is 14.4 Å². The highest BCUT2D eigenvalue weighted by Gasteiger charge is 2.67. The van der Waals surface area contributed by atoms with Crippen molar-refractivity contribution in [1.29, 1.82) is 0 Å². The second-order valence-electron chi connectivity index (χ2n) is 9.94. The normalized spacial score (nSPS) is 46.0. The zero-order valence-corrected chi connectivity index (χ0v) is 17.1. The number of rotatable bonds is 2. The van der Waals surface area contributed by atoms with Gasteiger partial charge in [0.05, 0.1) is 0 Å². The molecule has 6 atom stereocenters. The summed E-state index contributed by atoms with van der Waals surface area (Å²) in [5.74, 6) is 1.48. The minimum absolute atomic E-state index is 0.00650. The van der Waals surface area contributed by atoms with Crippen molar-refractivity contribution in [2.24, 2.45) is 28.6 Å². The molecule has 0 saturated heterocycles. The molecule has 3 fully saturated rings. The Labute approximate surface area is 162 Å². The molecular weight excluding hydrogens is 340 g/mol. The lowest BCUT2D eigenvalue weighted by Gasteiger charge is -2.59. The third-order valence-corrected chi connectivity index (χ3v) is 8.97. The fourth-order valence-electron chi connectivity index (χ4n) is 7.62. The summed E-state index contributed by atoms with van der Waals surface area (Å²) < 4.78 is 5.81. The highest BCUT2D eigenvalue weighted by molar-refractivity contribution is 5.91. The van der Waals surface area contributed by atoms with Gasteiger partial charge in [-0.3, -0.25) is 14.4 Å². The molecule has 0 N–H and O–H groups in total. The molecule has 4 nitrogen and oxygen atoms in total. The predicted molar refractivity (Wildman–Crippen MR) is 102 cm³/mol. The van der Waals surface area contributed by atoms with Gasteiger partial charge in [0.2, 0.25) is 0 Å². The van der Waals surface area contributed by atoms with E-state index in [4.69, 9.17) is 4.74 Å². The van der Waals surface area contributed by atoms with Crippen LogP contribution in [0.4, 0.5) is 0 Å². The van der Waals surface area contributed by atoms with E-state index < -0.39 is 5.60 Å². The Morgan fingerprint density at radius 2 is 1.70 bits per heavy atom. The molecule has 0 aromatic carbocycles. The molecule has 4 aliphatic rings. The second-order valence-corrected chi connectivity index (χ2v) is 9.94. The number of ether oxygens (including phenoxy) is 1. The van der Waals surface area contributed by atoms with Crippen molar-refractivity contribution in [2.75, 3.05) is 0 Å². The highest BCUT2D eigenvalue weighted by atomic mass is 16.6. The van der Waals surface area contributed by atoms with Gasteiger partial charge in [0.25, 0.3) is 0 Å². The first-order valence-electron chi connectivity index (χ1n) is 10.6. The van der Waals surface area contributed by atoms with E-state index in [-0.39, 0.29) is 28.4 Å². The van der Waals surface area contributed by atoms with E-state index in [0.717, 1.165) is 38.5 Å². The molecule has 148 valence electrons. The van der Waals surface area contributed by atoms with Gasteiger partial charge in [-0.15, -0.1) is 0 Å². The number of hydrogen-bond donors (Lipinski definition) is 0. The van der Waals surface area contributed by atoms with Gasteiger partial charge in [-0.1, -0.05) is 19.4 Å². The molecule has 0 aromatic heterocycles. The van der Waals surface area contributed by atoms with Crippen molar-refractivity contribution < 1.29 is 19.1 Å². The maximum absolute atomic E-state index is 12.7. The van der Waals surface area contributed by atoms with Crippen molar-refractivity contribution in [2.45, 2.75) is 84.7 Å². The van der Waals surface area contributed by atoms with E-state index in [1.54, 1.807) is 6.92 Å². The quantitative estimate of drug-likeness (QED) is 0.674. The number of allylic oxidation sites excluding steroid dienone is 1. The molecule has 4 heteroatoms. The molecule has 0 amide bonds. The summed E-state index contributed by atoms with van der Waals surface area (Å²) in [6.07, 6.45) is 9.23.